The molecule has 2 aromatic rings. The van der Waals surface area contributed by atoms with E-state index in [0.717, 1.165) is 49.8 Å². The van der Waals surface area contributed by atoms with E-state index in [0.29, 0.717) is 188 Å². The number of hydrogen-bond donors (Lipinski definition) is 10. The summed E-state index contributed by atoms with van der Waals surface area (Å²) in [6.07, 6.45) is 0.429. The zero-order valence-corrected chi connectivity index (χ0v) is 54.5. The molecule has 3 aliphatic rings. The van der Waals surface area contributed by atoms with E-state index in [1.54, 1.807) is 35.1 Å². The number of aliphatic hydroxyl groups excluding tert-OH is 4. The second kappa shape index (κ2) is 48.0. The number of rotatable bonds is 57. The lowest BCUT2D eigenvalue weighted by Gasteiger charge is -2.46. The highest BCUT2D eigenvalue weighted by Crippen LogP contribution is 2.35. The van der Waals surface area contributed by atoms with Crippen LogP contribution in [0.25, 0.3) is 11.3 Å². The SMILES string of the molecule is CCCCCCO[C@]1(C(=O)O)C[C@H](O)[C@@H](NC(=O)CO)[C@H]([C@H](O)[C@H](O)CNC(=O)Cc2ccc(-c3cn(CCOCCOCCOCCOCCOCCOCCOCCOCCOCCOCCOCCNC(=O)CCCC[C@@H]4SC[C@@H]5NC(=O)N[C@@H]54)nn3)cc2)O1. The molecule has 0 aliphatic carbocycles. The first-order valence-electron chi connectivity index (χ1n) is 32.4. The van der Waals surface area contributed by atoms with Gasteiger partial charge < -0.3 is 114 Å². The first kappa shape index (κ1) is 78.9. The van der Waals surface area contributed by atoms with Crippen molar-refractivity contribution in [3.05, 3.63) is 36.0 Å². The molecule has 5 rings (SSSR count). The van der Waals surface area contributed by atoms with Crippen molar-refractivity contribution in [3.8, 4) is 11.3 Å². The average Bonchev–Trinajstić information content (AvgIpc) is 1.60. The summed E-state index contributed by atoms with van der Waals surface area (Å²) < 4.78 is 74.1. The van der Waals surface area contributed by atoms with Gasteiger partial charge in [0.05, 0.1) is 201 Å². The van der Waals surface area contributed by atoms with Crippen molar-refractivity contribution in [3.63, 3.8) is 0 Å². The Hall–Kier alpha value is -4.82. The standard InChI is InChI=1S/C61H102N8O23S/c1-2-3-4-7-16-91-61(59(77)78)40-49(71)56(65-54(75)43-70)58(92-61)57(76)50(72)41-63-53(74)39-45-10-12-46(13-11-45)47-42-69(68-67-47)15-18-81-20-22-83-24-26-85-28-30-87-32-34-89-36-38-90-37-35-88-33-31-86-29-27-84-25-23-82-21-19-80-17-14-62-52(73)9-6-5-8-51-55-48(44-93-51)64-60(79)66-55/h10-13,42,48-51,55-58,70-72,76H,2-9,14-41,43-44H2,1H3,(H,62,73)(H,63,74)(H,65,75)(H,77,78)(H2,64,66,79)/t48-,49-,50+,51-,55-,56+,57+,58+,61+/m0/s1. The van der Waals surface area contributed by atoms with E-state index in [4.69, 9.17) is 61.6 Å². The number of fused-ring (bicyclic) bond motifs is 1. The van der Waals surface area contributed by atoms with Crippen molar-refractivity contribution in [1.29, 1.82) is 0 Å². The Morgan fingerprint density at radius 3 is 1.77 bits per heavy atom. The molecule has 10 N–H and O–H groups in total. The summed E-state index contributed by atoms with van der Waals surface area (Å²) in [7, 11) is 0. The quantitative estimate of drug-likeness (QED) is 0.0291. The Kier molecular flexibility index (Phi) is 40.7. The number of nitrogens with one attached hydrogen (secondary N) is 5. The number of aromatic nitrogens is 3. The number of benzene rings is 1. The van der Waals surface area contributed by atoms with E-state index in [1.165, 1.54) is 0 Å². The van der Waals surface area contributed by atoms with Crippen LogP contribution in [0.4, 0.5) is 4.79 Å². The molecule has 0 unspecified atom stereocenters. The molecule has 0 radical (unpaired) electrons. The number of aliphatic hydroxyl groups is 4. The monoisotopic (exact) mass is 1350 g/mol. The summed E-state index contributed by atoms with van der Waals surface area (Å²) in [5.41, 5.74) is 1.99. The van der Waals surface area contributed by atoms with Crippen LogP contribution in [0, 0.1) is 0 Å². The predicted octanol–water partition coefficient (Wildman–Crippen LogP) is -0.645. The number of amides is 5. The molecule has 31 nitrogen and oxygen atoms in total. The van der Waals surface area contributed by atoms with Gasteiger partial charge in [-0.05, 0) is 24.8 Å². The molecule has 9 atom stereocenters. The molecular formula is C61H102N8O23S. The van der Waals surface area contributed by atoms with Crippen molar-refractivity contribution >= 4 is 41.5 Å². The third-order valence-corrected chi connectivity index (χ3v) is 16.4. The topological polar surface area (TPSA) is 397 Å². The predicted molar refractivity (Wildman–Crippen MR) is 335 cm³/mol. The molecule has 4 heterocycles. The molecule has 3 aliphatic heterocycles. The highest BCUT2D eigenvalue weighted by molar-refractivity contribution is 8.00. The van der Waals surface area contributed by atoms with Crippen LogP contribution in [-0.4, -0.2) is 301 Å². The van der Waals surface area contributed by atoms with Crippen molar-refractivity contribution in [1.82, 2.24) is 41.6 Å². The Balaban J connectivity index is 0.735. The number of thioether (sulfide) groups is 1. The van der Waals surface area contributed by atoms with E-state index in [9.17, 15) is 49.5 Å². The van der Waals surface area contributed by atoms with Crippen LogP contribution in [0.5, 0.6) is 0 Å². The lowest BCUT2D eigenvalue weighted by Crippen LogP contribution is -2.68. The van der Waals surface area contributed by atoms with Crippen molar-refractivity contribution in [2.24, 2.45) is 0 Å². The summed E-state index contributed by atoms with van der Waals surface area (Å²) in [6.45, 7) is 11.0. The molecule has 0 spiro atoms. The lowest BCUT2D eigenvalue weighted by atomic mass is 9.88. The van der Waals surface area contributed by atoms with Crippen molar-refractivity contribution in [2.75, 3.05) is 177 Å². The Morgan fingerprint density at radius 1 is 0.688 bits per heavy atom. The minimum Gasteiger partial charge on any atom is -0.477 e. The molecule has 32 heteroatoms. The van der Waals surface area contributed by atoms with Gasteiger partial charge in [-0.2, -0.15) is 11.8 Å². The van der Waals surface area contributed by atoms with Crippen LogP contribution < -0.4 is 26.6 Å². The fourth-order valence-electron chi connectivity index (χ4n) is 9.94. The highest BCUT2D eigenvalue weighted by atomic mass is 32.2. The van der Waals surface area contributed by atoms with Gasteiger partial charge >= 0.3 is 12.0 Å². The van der Waals surface area contributed by atoms with Gasteiger partial charge in [-0.15, -0.1) is 5.10 Å². The number of carboxylic acid groups (broad SMARTS) is 1. The van der Waals surface area contributed by atoms with Gasteiger partial charge in [0.15, 0.2) is 0 Å². The Labute approximate surface area is 548 Å². The van der Waals surface area contributed by atoms with Gasteiger partial charge in [-0.25, -0.2) is 14.3 Å². The second-order valence-electron chi connectivity index (χ2n) is 22.1. The van der Waals surface area contributed by atoms with Gasteiger partial charge in [-0.1, -0.05) is 62.1 Å². The van der Waals surface area contributed by atoms with E-state index >= 15 is 0 Å². The summed E-state index contributed by atoms with van der Waals surface area (Å²) in [5.74, 6) is -4.44. The first-order valence-corrected chi connectivity index (χ1v) is 33.4. The molecular weight excluding hydrogens is 1240 g/mol. The number of nitrogens with zero attached hydrogens (tertiary/aromatic N) is 3. The third-order valence-electron chi connectivity index (χ3n) is 14.9. The van der Waals surface area contributed by atoms with E-state index in [2.05, 4.69) is 36.9 Å². The highest BCUT2D eigenvalue weighted by Gasteiger charge is 2.56. The minimum atomic E-state index is -2.40. The second-order valence-corrected chi connectivity index (χ2v) is 23.4. The summed E-state index contributed by atoms with van der Waals surface area (Å²) in [6, 6.07) is 5.96. The van der Waals surface area contributed by atoms with Gasteiger partial charge in [0.25, 0.3) is 5.79 Å². The van der Waals surface area contributed by atoms with Gasteiger partial charge in [-0.3, -0.25) is 14.4 Å². The largest absolute Gasteiger partial charge is 0.477 e. The van der Waals surface area contributed by atoms with Crippen LogP contribution >= 0.6 is 11.8 Å². The summed E-state index contributed by atoms with van der Waals surface area (Å²) in [4.78, 5) is 61.1. The Bertz CT molecular complexity index is 2360. The zero-order chi connectivity index (χ0) is 66.6. The molecule has 5 amide bonds. The molecule has 3 fully saturated rings. The smallest absolute Gasteiger partial charge is 0.364 e. The molecule has 0 bridgehead atoms. The molecule has 0 saturated carbocycles. The zero-order valence-electron chi connectivity index (χ0n) is 53.7. The van der Waals surface area contributed by atoms with Crippen LogP contribution in [0.3, 0.4) is 0 Å². The van der Waals surface area contributed by atoms with Crippen molar-refractivity contribution < 1.29 is 111 Å². The summed E-state index contributed by atoms with van der Waals surface area (Å²) in [5, 5.41) is 75.1. The molecule has 1 aromatic carbocycles. The van der Waals surface area contributed by atoms with E-state index in [-0.39, 0.29) is 37.0 Å². The molecule has 93 heavy (non-hydrogen) atoms. The Morgan fingerprint density at radius 2 is 1.24 bits per heavy atom. The number of unbranched alkanes of at least 4 members (excludes halogenated alkanes) is 4. The number of carbonyl (C=O) groups is 5. The molecule has 530 valence electrons. The maximum Gasteiger partial charge on any atom is 0.364 e. The minimum absolute atomic E-state index is 0.0276. The first-order chi connectivity index (χ1) is 45.3. The fraction of sp³-hybridized carbons (Fsp3) is 0.787. The van der Waals surface area contributed by atoms with Crippen LogP contribution in [0.2, 0.25) is 0 Å². The lowest BCUT2D eigenvalue weighted by molar-refractivity contribution is -0.310. The number of hydrogen-bond acceptors (Lipinski definition) is 25. The van der Waals surface area contributed by atoms with E-state index in [1.807, 2.05) is 18.7 Å². The van der Waals surface area contributed by atoms with Gasteiger partial charge in [0, 0.05) is 42.5 Å². The number of aliphatic carboxylic acids is 1. The van der Waals surface area contributed by atoms with Crippen molar-refractivity contribution in [2.45, 2.75) is 131 Å². The molecule has 1 aromatic heterocycles. The number of carboxylic acids is 1. The number of carbonyl (C=O) groups excluding carboxylic acids is 4. The number of urea groups is 1. The van der Waals surface area contributed by atoms with Crippen LogP contribution in [-0.2, 0) is 93.7 Å². The fourth-order valence-corrected chi connectivity index (χ4v) is 11.5. The third kappa shape index (κ3) is 32.2. The maximum atomic E-state index is 12.9. The van der Waals surface area contributed by atoms with Gasteiger partial charge in [0.1, 0.15) is 24.5 Å². The van der Waals surface area contributed by atoms with Gasteiger partial charge in [0.2, 0.25) is 17.7 Å². The van der Waals surface area contributed by atoms with Crippen LogP contribution in [0.1, 0.15) is 70.3 Å². The molecule has 3 saturated heterocycles. The summed E-state index contributed by atoms with van der Waals surface area (Å²) >= 11 is 1.89. The normalized spacial score (nSPS) is 20.8. The average molecular weight is 1350 g/mol. The maximum absolute atomic E-state index is 12.9. The van der Waals surface area contributed by atoms with E-state index < -0.39 is 73.6 Å². The van der Waals surface area contributed by atoms with Crippen LogP contribution in [0.15, 0.2) is 30.5 Å². The number of ether oxygens (including phenoxy) is 13.